The molecular formula is C26H36N4O5S. The molecule has 2 saturated heterocycles. The summed E-state index contributed by atoms with van der Waals surface area (Å²) in [7, 11) is -2.26. The van der Waals surface area contributed by atoms with Gasteiger partial charge in [-0.25, -0.2) is 13.2 Å². The number of sulfonamides is 1. The fraction of sp³-hybridized carbons (Fsp3) is 0.538. The molecule has 0 spiro atoms. The summed E-state index contributed by atoms with van der Waals surface area (Å²) in [5, 5.41) is 0. The first-order chi connectivity index (χ1) is 17.2. The highest BCUT2D eigenvalue weighted by Crippen LogP contribution is 2.32. The Labute approximate surface area is 213 Å². The second kappa shape index (κ2) is 10.6. The van der Waals surface area contributed by atoms with Crippen LogP contribution in [0.2, 0.25) is 0 Å². The van der Waals surface area contributed by atoms with E-state index in [-0.39, 0.29) is 29.5 Å². The van der Waals surface area contributed by atoms with Gasteiger partial charge in [-0.1, -0.05) is 18.2 Å². The summed E-state index contributed by atoms with van der Waals surface area (Å²) in [5.74, 6) is -1.03. The van der Waals surface area contributed by atoms with Crippen molar-refractivity contribution >= 4 is 27.6 Å². The topological polar surface area (TPSA) is 92.2 Å². The van der Waals surface area contributed by atoms with Gasteiger partial charge in [0.2, 0.25) is 15.9 Å². The van der Waals surface area contributed by atoms with Crippen molar-refractivity contribution in [3.63, 3.8) is 0 Å². The van der Waals surface area contributed by atoms with Crippen LogP contribution in [0.1, 0.15) is 41.5 Å². The zero-order chi connectivity index (χ0) is 26.0. The number of piperazine rings is 1. The van der Waals surface area contributed by atoms with Gasteiger partial charge >= 0.3 is 5.97 Å². The van der Waals surface area contributed by atoms with E-state index in [0.717, 1.165) is 18.8 Å². The number of amides is 1. The monoisotopic (exact) mass is 516 g/mol. The molecule has 1 unspecified atom stereocenters. The second-order valence-corrected chi connectivity index (χ2v) is 11.4. The maximum atomic E-state index is 13.8. The number of aromatic nitrogens is 1. The van der Waals surface area contributed by atoms with Crippen molar-refractivity contribution in [2.24, 2.45) is 13.0 Å². The lowest BCUT2D eigenvalue weighted by Gasteiger charge is -2.39. The summed E-state index contributed by atoms with van der Waals surface area (Å²) in [6.07, 6.45) is 1.25. The quantitative estimate of drug-likeness (QED) is 0.548. The summed E-state index contributed by atoms with van der Waals surface area (Å²) in [6.45, 7) is 8.42. The van der Waals surface area contributed by atoms with Gasteiger partial charge in [-0.2, -0.15) is 4.31 Å². The molecule has 0 saturated carbocycles. The number of esters is 1. The highest BCUT2D eigenvalue weighted by atomic mass is 32.2. The maximum absolute atomic E-state index is 13.8. The van der Waals surface area contributed by atoms with Crippen molar-refractivity contribution in [3.05, 3.63) is 47.3 Å². The van der Waals surface area contributed by atoms with E-state index in [1.807, 2.05) is 23.1 Å². The molecular weight excluding hydrogens is 480 g/mol. The van der Waals surface area contributed by atoms with Crippen LogP contribution in [0, 0.1) is 19.8 Å². The molecule has 1 amide bonds. The van der Waals surface area contributed by atoms with Gasteiger partial charge in [0.25, 0.3) is 0 Å². The normalized spacial score (nSPS) is 19.4. The lowest BCUT2D eigenvalue weighted by atomic mass is 9.97. The first-order valence-corrected chi connectivity index (χ1v) is 14.0. The predicted molar refractivity (Wildman–Crippen MR) is 138 cm³/mol. The van der Waals surface area contributed by atoms with E-state index in [9.17, 15) is 18.0 Å². The van der Waals surface area contributed by atoms with Gasteiger partial charge in [0.15, 0.2) is 0 Å². The van der Waals surface area contributed by atoms with Crippen LogP contribution < -0.4 is 4.90 Å². The van der Waals surface area contributed by atoms with E-state index < -0.39 is 21.9 Å². The molecule has 3 heterocycles. The molecule has 1 aromatic carbocycles. The zero-order valence-corrected chi connectivity index (χ0v) is 22.4. The van der Waals surface area contributed by atoms with Crippen LogP contribution in [0.3, 0.4) is 0 Å². The average Bonchev–Trinajstić information content (AvgIpc) is 3.13. The number of para-hydroxylation sites is 1. The molecule has 4 rings (SSSR count). The second-order valence-electron chi connectivity index (χ2n) is 9.50. The van der Waals surface area contributed by atoms with Crippen molar-refractivity contribution in [3.8, 4) is 0 Å². The molecule has 0 bridgehead atoms. The number of nitrogens with zero attached hydrogens (tertiary/aromatic N) is 4. The highest BCUT2D eigenvalue weighted by Gasteiger charge is 2.40. The van der Waals surface area contributed by atoms with Gasteiger partial charge in [0.05, 0.1) is 12.5 Å². The third kappa shape index (κ3) is 4.88. The smallest absolute Gasteiger partial charge is 0.341 e. The molecule has 9 nitrogen and oxygen atoms in total. The van der Waals surface area contributed by atoms with E-state index >= 15 is 0 Å². The SMILES string of the molecule is CCOC(=O)c1c(S(=O)(=O)N2CCCC(C(=O)N3CCN(c4ccccc4)CC3)C2)c(C)n(C)c1C. The van der Waals surface area contributed by atoms with Crippen LogP contribution in [-0.4, -0.2) is 79.9 Å². The highest BCUT2D eigenvalue weighted by molar-refractivity contribution is 7.89. The predicted octanol–water partition coefficient (Wildman–Crippen LogP) is 2.57. The minimum absolute atomic E-state index is 0.00851. The Morgan fingerprint density at radius 1 is 1.00 bits per heavy atom. The van der Waals surface area contributed by atoms with Gasteiger partial charge in [-0.15, -0.1) is 0 Å². The molecule has 1 aromatic heterocycles. The summed E-state index contributed by atoms with van der Waals surface area (Å²) >= 11 is 0. The molecule has 2 fully saturated rings. The van der Waals surface area contributed by atoms with Crippen molar-refractivity contribution in [2.45, 2.75) is 38.5 Å². The Bertz CT molecular complexity index is 1220. The number of carbonyl (C=O) groups is 2. The first-order valence-electron chi connectivity index (χ1n) is 12.6. The molecule has 36 heavy (non-hydrogen) atoms. The van der Waals surface area contributed by atoms with Crippen molar-refractivity contribution < 1.29 is 22.7 Å². The Morgan fingerprint density at radius 3 is 2.31 bits per heavy atom. The molecule has 10 heteroatoms. The van der Waals surface area contributed by atoms with Crippen LogP contribution in [0.15, 0.2) is 35.2 Å². The van der Waals surface area contributed by atoms with Gasteiger partial charge in [0.1, 0.15) is 10.5 Å². The molecule has 2 aromatic rings. The van der Waals surface area contributed by atoms with Crippen LogP contribution in [0.4, 0.5) is 5.69 Å². The van der Waals surface area contributed by atoms with E-state index in [1.165, 1.54) is 4.31 Å². The number of hydrogen-bond donors (Lipinski definition) is 0. The number of benzene rings is 1. The average molecular weight is 517 g/mol. The number of ether oxygens (including phenoxy) is 1. The number of carbonyl (C=O) groups excluding carboxylic acids is 2. The third-order valence-corrected chi connectivity index (χ3v) is 9.47. The Balaban J connectivity index is 1.50. The molecule has 2 aliphatic heterocycles. The Kier molecular flexibility index (Phi) is 7.75. The molecule has 2 aliphatic rings. The summed E-state index contributed by atoms with van der Waals surface area (Å²) in [6, 6.07) is 10.1. The fourth-order valence-corrected chi connectivity index (χ4v) is 7.25. The van der Waals surface area contributed by atoms with Crippen LogP contribution in [-0.2, 0) is 26.6 Å². The van der Waals surface area contributed by atoms with E-state index in [0.29, 0.717) is 43.9 Å². The molecule has 0 radical (unpaired) electrons. The van der Waals surface area contributed by atoms with Crippen LogP contribution in [0.25, 0.3) is 0 Å². The van der Waals surface area contributed by atoms with E-state index in [4.69, 9.17) is 4.74 Å². The minimum atomic E-state index is -4.00. The number of hydrogen-bond acceptors (Lipinski definition) is 6. The van der Waals surface area contributed by atoms with Crippen molar-refractivity contribution in [1.82, 2.24) is 13.8 Å². The minimum Gasteiger partial charge on any atom is -0.462 e. The zero-order valence-electron chi connectivity index (χ0n) is 21.6. The van der Waals surface area contributed by atoms with Gasteiger partial charge in [0, 0.05) is 63.4 Å². The molecule has 1 atom stereocenters. The van der Waals surface area contributed by atoms with Crippen LogP contribution >= 0.6 is 0 Å². The van der Waals surface area contributed by atoms with E-state index in [2.05, 4.69) is 17.0 Å². The first kappa shape index (κ1) is 26.2. The lowest BCUT2D eigenvalue weighted by Crippen LogP contribution is -2.53. The number of rotatable bonds is 6. The van der Waals surface area contributed by atoms with Gasteiger partial charge in [-0.3, -0.25) is 4.79 Å². The standard InChI is InChI=1S/C26H36N4O5S/c1-5-35-26(32)23-19(2)27(4)20(3)24(23)36(33,34)30-13-9-10-21(18-30)25(31)29-16-14-28(15-17-29)22-11-7-6-8-12-22/h6-8,11-12,21H,5,9-10,13-18H2,1-4H3. The van der Waals surface area contributed by atoms with Crippen molar-refractivity contribution in [1.29, 1.82) is 0 Å². The Morgan fingerprint density at radius 2 is 1.67 bits per heavy atom. The lowest BCUT2D eigenvalue weighted by molar-refractivity contribution is -0.137. The molecule has 0 N–H and O–H groups in total. The maximum Gasteiger partial charge on any atom is 0.341 e. The third-order valence-electron chi connectivity index (χ3n) is 7.45. The summed E-state index contributed by atoms with van der Waals surface area (Å²) < 4.78 is 35.9. The van der Waals surface area contributed by atoms with Gasteiger partial charge < -0.3 is 19.1 Å². The van der Waals surface area contributed by atoms with E-state index in [1.54, 1.807) is 32.4 Å². The summed E-state index contributed by atoms with van der Waals surface area (Å²) in [5.41, 5.74) is 2.26. The number of piperidine rings is 1. The number of anilines is 1. The largest absolute Gasteiger partial charge is 0.462 e. The summed E-state index contributed by atoms with van der Waals surface area (Å²) in [4.78, 5) is 30.2. The Hall–Kier alpha value is -2.85. The van der Waals surface area contributed by atoms with Crippen molar-refractivity contribution in [2.75, 3.05) is 50.8 Å². The molecule has 0 aliphatic carbocycles. The molecule has 196 valence electrons. The fourth-order valence-electron chi connectivity index (χ4n) is 5.25. The van der Waals surface area contributed by atoms with Crippen LogP contribution in [0.5, 0.6) is 0 Å². The van der Waals surface area contributed by atoms with Gasteiger partial charge in [-0.05, 0) is 45.7 Å².